The fourth-order valence-electron chi connectivity index (χ4n) is 3.84. The maximum Gasteiger partial charge on any atom is 0.00339 e. The van der Waals surface area contributed by atoms with E-state index in [1.165, 1.54) is 35.1 Å². The molecule has 0 unspecified atom stereocenters. The van der Waals surface area contributed by atoms with E-state index in [1.807, 2.05) is 0 Å². The Labute approximate surface area is 122 Å². The third kappa shape index (κ3) is 2.00. The molecule has 0 bridgehead atoms. The van der Waals surface area contributed by atoms with Gasteiger partial charge in [-0.15, -0.1) is 6.58 Å². The first-order valence-corrected chi connectivity index (χ1v) is 7.59. The summed E-state index contributed by atoms with van der Waals surface area (Å²) in [4.78, 5) is 0. The topological polar surface area (TPSA) is 0 Å². The molecule has 1 atom stereocenters. The standard InChI is InChI=1S/C20H22/c1-3-13-20(14-4-2)15-16-9-5-6-10-17(16)18-11-7-8-12-19(18)20/h3,5-12H,1,4,13-15H2,2H3/t20-/m1/s1. The van der Waals surface area contributed by atoms with Crippen LogP contribution in [0.2, 0.25) is 0 Å². The molecule has 0 nitrogen and oxygen atoms in total. The van der Waals surface area contributed by atoms with E-state index in [-0.39, 0.29) is 5.41 Å². The van der Waals surface area contributed by atoms with Crippen LogP contribution >= 0.6 is 0 Å². The van der Waals surface area contributed by atoms with Crippen molar-refractivity contribution in [2.24, 2.45) is 0 Å². The Morgan fingerprint density at radius 3 is 2.50 bits per heavy atom. The van der Waals surface area contributed by atoms with Crippen molar-refractivity contribution >= 4 is 0 Å². The van der Waals surface area contributed by atoms with Gasteiger partial charge in [0.1, 0.15) is 0 Å². The Morgan fingerprint density at radius 1 is 1.05 bits per heavy atom. The minimum absolute atomic E-state index is 0.238. The lowest BCUT2D eigenvalue weighted by Crippen LogP contribution is -2.32. The molecular formula is C20H22. The van der Waals surface area contributed by atoms with Crippen molar-refractivity contribution in [2.45, 2.75) is 38.0 Å². The van der Waals surface area contributed by atoms with Crippen LogP contribution in [0.3, 0.4) is 0 Å². The number of rotatable bonds is 4. The molecule has 1 aliphatic carbocycles. The summed E-state index contributed by atoms with van der Waals surface area (Å²) >= 11 is 0. The first-order valence-electron chi connectivity index (χ1n) is 7.59. The zero-order valence-corrected chi connectivity index (χ0v) is 12.2. The summed E-state index contributed by atoms with van der Waals surface area (Å²) in [6.07, 6.45) is 6.74. The number of hydrogen-bond donors (Lipinski definition) is 0. The SMILES string of the molecule is C=CC[C@@]1(CCC)Cc2ccccc2-c2ccccc21. The molecule has 3 rings (SSSR count). The van der Waals surface area contributed by atoms with Gasteiger partial charge in [0.05, 0.1) is 0 Å². The molecule has 0 fully saturated rings. The predicted molar refractivity (Wildman–Crippen MR) is 87.0 cm³/mol. The summed E-state index contributed by atoms with van der Waals surface area (Å²) < 4.78 is 0. The van der Waals surface area contributed by atoms with Gasteiger partial charge >= 0.3 is 0 Å². The van der Waals surface area contributed by atoms with Crippen LogP contribution in [0.4, 0.5) is 0 Å². The number of allylic oxidation sites excluding steroid dienone is 1. The molecule has 0 saturated heterocycles. The van der Waals surface area contributed by atoms with Crippen LogP contribution < -0.4 is 0 Å². The second-order valence-electron chi connectivity index (χ2n) is 5.90. The zero-order chi connectivity index (χ0) is 14.0. The molecule has 1 aliphatic rings. The minimum atomic E-state index is 0.238. The predicted octanol–water partition coefficient (Wildman–Crippen LogP) is 5.52. The molecule has 2 aromatic carbocycles. The van der Waals surface area contributed by atoms with Crippen molar-refractivity contribution in [1.82, 2.24) is 0 Å². The van der Waals surface area contributed by atoms with Crippen LogP contribution in [-0.2, 0) is 11.8 Å². The highest BCUT2D eigenvalue weighted by atomic mass is 14.4. The molecule has 0 heteroatoms. The molecule has 0 N–H and O–H groups in total. The van der Waals surface area contributed by atoms with Crippen LogP contribution in [0.1, 0.15) is 37.3 Å². The van der Waals surface area contributed by atoms with Crippen LogP contribution in [-0.4, -0.2) is 0 Å². The van der Waals surface area contributed by atoms with Gasteiger partial charge in [0, 0.05) is 5.41 Å². The fourth-order valence-corrected chi connectivity index (χ4v) is 3.84. The van der Waals surface area contributed by atoms with E-state index < -0.39 is 0 Å². The summed E-state index contributed by atoms with van der Waals surface area (Å²) in [5.41, 5.74) is 6.08. The first-order chi connectivity index (χ1) is 9.80. The highest BCUT2D eigenvalue weighted by molar-refractivity contribution is 5.75. The Kier molecular flexibility index (Phi) is 3.48. The molecule has 102 valence electrons. The van der Waals surface area contributed by atoms with Crippen molar-refractivity contribution < 1.29 is 0 Å². The molecule has 2 aromatic rings. The molecular weight excluding hydrogens is 240 g/mol. The Hall–Kier alpha value is -1.82. The monoisotopic (exact) mass is 262 g/mol. The molecule has 0 aliphatic heterocycles. The largest absolute Gasteiger partial charge is 0.103 e. The van der Waals surface area contributed by atoms with Gasteiger partial charge in [0.15, 0.2) is 0 Å². The lowest BCUT2D eigenvalue weighted by Gasteiger charge is -2.40. The minimum Gasteiger partial charge on any atom is -0.103 e. The lowest BCUT2D eigenvalue weighted by molar-refractivity contribution is 0.386. The second-order valence-corrected chi connectivity index (χ2v) is 5.90. The first kappa shape index (κ1) is 13.2. The van der Waals surface area contributed by atoms with E-state index in [4.69, 9.17) is 0 Å². The zero-order valence-electron chi connectivity index (χ0n) is 12.2. The Balaban J connectivity index is 2.23. The number of hydrogen-bond acceptors (Lipinski definition) is 0. The van der Waals surface area contributed by atoms with Crippen LogP contribution in [0.15, 0.2) is 61.2 Å². The number of fused-ring (bicyclic) bond motifs is 3. The summed E-state index contributed by atoms with van der Waals surface area (Å²) in [5.74, 6) is 0. The number of benzene rings is 2. The molecule has 0 amide bonds. The van der Waals surface area contributed by atoms with Gasteiger partial charge in [0.2, 0.25) is 0 Å². The van der Waals surface area contributed by atoms with Crippen molar-refractivity contribution in [3.63, 3.8) is 0 Å². The average molecular weight is 262 g/mol. The summed E-state index contributed by atoms with van der Waals surface area (Å²) in [6, 6.07) is 17.8. The Bertz CT molecular complexity index is 623. The Morgan fingerprint density at radius 2 is 1.75 bits per heavy atom. The highest BCUT2D eigenvalue weighted by Crippen LogP contribution is 2.47. The fraction of sp³-hybridized carbons (Fsp3) is 0.300. The normalized spacial score (nSPS) is 20.1. The smallest absolute Gasteiger partial charge is 0.00339 e. The summed E-state index contributed by atoms with van der Waals surface area (Å²) in [6.45, 7) is 6.30. The molecule has 0 radical (unpaired) electrons. The van der Waals surface area contributed by atoms with E-state index in [2.05, 4.69) is 68.1 Å². The van der Waals surface area contributed by atoms with Gasteiger partial charge in [-0.25, -0.2) is 0 Å². The maximum absolute atomic E-state index is 4.01. The highest BCUT2D eigenvalue weighted by Gasteiger charge is 2.36. The summed E-state index contributed by atoms with van der Waals surface area (Å²) in [7, 11) is 0. The molecule has 20 heavy (non-hydrogen) atoms. The van der Waals surface area contributed by atoms with Crippen molar-refractivity contribution in [3.05, 3.63) is 72.3 Å². The van der Waals surface area contributed by atoms with Gasteiger partial charge < -0.3 is 0 Å². The van der Waals surface area contributed by atoms with E-state index in [0.29, 0.717) is 0 Å². The van der Waals surface area contributed by atoms with Gasteiger partial charge in [-0.1, -0.05) is 68.0 Å². The van der Waals surface area contributed by atoms with Crippen molar-refractivity contribution in [2.75, 3.05) is 0 Å². The maximum atomic E-state index is 4.01. The summed E-state index contributed by atoms with van der Waals surface area (Å²) in [5, 5.41) is 0. The van der Waals surface area contributed by atoms with E-state index in [1.54, 1.807) is 0 Å². The molecule has 0 aromatic heterocycles. The lowest BCUT2D eigenvalue weighted by atomic mass is 9.64. The quantitative estimate of drug-likeness (QED) is 0.636. The molecule has 0 heterocycles. The molecule has 0 saturated carbocycles. The third-order valence-corrected chi connectivity index (χ3v) is 4.60. The van der Waals surface area contributed by atoms with Gasteiger partial charge in [-0.05, 0) is 41.5 Å². The van der Waals surface area contributed by atoms with Crippen LogP contribution in [0, 0.1) is 0 Å². The van der Waals surface area contributed by atoms with Gasteiger partial charge in [0.25, 0.3) is 0 Å². The average Bonchev–Trinajstić information content (AvgIpc) is 2.48. The van der Waals surface area contributed by atoms with Crippen LogP contribution in [0.25, 0.3) is 11.1 Å². The van der Waals surface area contributed by atoms with E-state index in [9.17, 15) is 0 Å². The second kappa shape index (κ2) is 5.28. The van der Waals surface area contributed by atoms with E-state index in [0.717, 1.165) is 12.8 Å². The van der Waals surface area contributed by atoms with E-state index >= 15 is 0 Å². The van der Waals surface area contributed by atoms with Crippen molar-refractivity contribution in [3.8, 4) is 11.1 Å². The molecule has 0 spiro atoms. The van der Waals surface area contributed by atoms with Gasteiger partial charge in [-0.2, -0.15) is 0 Å². The van der Waals surface area contributed by atoms with Crippen molar-refractivity contribution in [1.29, 1.82) is 0 Å². The van der Waals surface area contributed by atoms with Gasteiger partial charge in [-0.3, -0.25) is 0 Å². The van der Waals surface area contributed by atoms with Crippen LogP contribution in [0.5, 0.6) is 0 Å². The third-order valence-electron chi connectivity index (χ3n) is 4.60.